The molecular formula is C15H24N2OS. The Labute approximate surface area is 119 Å². The van der Waals surface area contributed by atoms with E-state index in [1.165, 1.54) is 37.0 Å². The first-order chi connectivity index (χ1) is 8.99. The number of carbonyl (C=O) groups excluding carboxylic acids is 1. The van der Waals surface area contributed by atoms with E-state index >= 15 is 0 Å². The zero-order chi connectivity index (χ0) is 14.0. The molecule has 1 aromatic heterocycles. The fraction of sp³-hybridized carbons (Fsp3) is 0.667. The quantitative estimate of drug-likeness (QED) is 0.835. The standard InChI is InChI=1S/C15H24N2OS/c1-10(2)14(18)15-12(16)8-13(19-15)17(3)9-11-6-4-5-7-11/h8,10-11H,4-7,9,16H2,1-3H3. The van der Waals surface area contributed by atoms with Crippen LogP contribution >= 0.6 is 11.3 Å². The number of hydrogen-bond acceptors (Lipinski definition) is 4. The molecule has 0 spiro atoms. The summed E-state index contributed by atoms with van der Waals surface area (Å²) in [4.78, 5) is 15.0. The van der Waals surface area contributed by atoms with Crippen molar-refractivity contribution >= 4 is 27.8 Å². The summed E-state index contributed by atoms with van der Waals surface area (Å²) in [6, 6.07) is 1.95. The van der Waals surface area contributed by atoms with Crippen molar-refractivity contribution in [3.05, 3.63) is 10.9 Å². The number of thiophene rings is 1. The Hall–Kier alpha value is -1.03. The van der Waals surface area contributed by atoms with Crippen LogP contribution in [0.5, 0.6) is 0 Å². The molecule has 0 bridgehead atoms. The second-order valence-electron chi connectivity index (χ2n) is 5.92. The maximum atomic E-state index is 12.1. The summed E-state index contributed by atoms with van der Waals surface area (Å²) in [7, 11) is 2.10. The number of Topliss-reactive ketones (excluding diaryl/α,β-unsaturated/α-hetero) is 1. The lowest BCUT2D eigenvalue weighted by Gasteiger charge is -2.21. The van der Waals surface area contributed by atoms with Crippen LogP contribution in [0.2, 0.25) is 0 Å². The van der Waals surface area contributed by atoms with Gasteiger partial charge in [-0.2, -0.15) is 0 Å². The van der Waals surface area contributed by atoms with E-state index in [9.17, 15) is 4.79 Å². The Morgan fingerprint density at radius 3 is 2.68 bits per heavy atom. The van der Waals surface area contributed by atoms with E-state index in [0.29, 0.717) is 5.69 Å². The Kier molecular flexibility index (Phi) is 4.50. The van der Waals surface area contributed by atoms with Gasteiger partial charge in [0, 0.05) is 19.5 Å². The number of nitrogen functional groups attached to an aromatic ring is 1. The maximum absolute atomic E-state index is 12.1. The highest BCUT2D eigenvalue weighted by atomic mass is 32.1. The molecule has 0 aliphatic heterocycles. The zero-order valence-electron chi connectivity index (χ0n) is 12.1. The monoisotopic (exact) mass is 280 g/mol. The van der Waals surface area contributed by atoms with Crippen LogP contribution in [-0.4, -0.2) is 19.4 Å². The first kappa shape index (κ1) is 14.4. The van der Waals surface area contributed by atoms with E-state index in [-0.39, 0.29) is 11.7 Å². The van der Waals surface area contributed by atoms with Gasteiger partial charge in [-0.15, -0.1) is 11.3 Å². The van der Waals surface area contributed by atoms with Crippen molar-refractivity contribution < 1.29 is 4.79 Å². The minimum absolute atomic E-state index is 0.00828. The summed E-state index contributed by atoms with van der Waals surface area (Å²) in [5, 5.41) is 1.12. The van der Waals surface area contributed by atoms with E-state index in [2.05, 4.69) is 11.9 Å². The number of ketones is 1. The molecule has 1 heterocycles. The summed E-state index contributed by atoms with van der Waals surface area (Å²) < 4.78 is 0. The van der Waals surface area contributed by atoms with Gasteiger partial charge < -0.3 is 10.6 Å². The van der Waals surface area contributed by atoms with E-state index < -0.39 is 0 Å². The van der Waals surface area contributed by atoms with E-state index in [4.69, 9.17) is 5.73 Å². The molecule has 0 unspecified atom stereocenters. The number of hydrogen-bond donors (Lipinski definition) is 1. The van der Waals surface area contributed by atoms with Gasteiger partial charge in [-0.1, -0.05) is 26.7 Å². The zero-order valence-corrected chi connectivity index (χ0v) is 12.9. The average Bonchev–Trinajstić information content (AvgIpc) is 2.97. The Bertz CT molecular complexity index is 447. The van der Waals surface area contributed by atoms with Crippen LogP contribution in [0, 0.1) is 11.8 Å². The first-order valence-electron chi connectivity index (χ1n) is 7.13. The summed E-state index contributed by atoms with van der Waals surface area (Å²) in [5.74, 6) is 0.967. The minimum atomic E-state index is 0.00828. The second kappa shape index (κ2) is 5.95. The van der Waals surface area contributed by atoms with E-state index in [0.717, 1.165) is 22.3 Å². The van der Waals surface area contributed by atoms with Crippen LogP contribution in [0.4, 0.5) is 10.7 Å². The lowest BCUT2D eigenvalue weighted by atomic mass is 10.1. The third-order valence-corrected chi connectivity index (χ3v) is 5.16. The molecule has 1 aromatic rings. The molecule has 106 valence electrons. The van der Waals surface area contributed by atoms with Crippen LogP contribution in [0.3, 0.4) is 0 Å². The Morgan fingerprint density at radius 1 is 1.47 bits per heavy atom. The van der Waals surface area contributed by atoms with Gasteiger partial charge >= 0.3 is 0 Å². The van der Waals surface area contributed by atoms with Gasteiger partial charge in [0.2, 0.25) is 0 Å². The van der Waals surface area contributed by atoms with Gasteiger partial charge in [0.15, 0.2) is 5.78 Å². The second-order valence-corrected chi connectivity index (χ2v) is 6.95. The SMILES string of the molecule is CC(C)C(=O)c1sc(N(C)CC2CCCC2)cc1N. The Morgan fingerprint density at radius 2 is 2.11 bits per heavy atom. The average molecular weight is 280 g/mol. The topological polar surface area (TPSA) is 46.3 Å². The minimum Gasteiger partial charge on any atom is -0.397 e. The van der Waals surface area contributed by atoms with Crippen LogP contribution < -0.4 is 10.6 Å². The summed E-state index contributed by atoms with van der Waals surface area (Å²) in [6.07, 6.45) is 5.40. The van der Waals surface area contributed by atoms with E-state index in [1.54, 1.807) is 0 Å². The third-order valence-electron chi connectivity index (χ3n) is 3.88. The summed E-state index contributed by atoms with van der Waals surface area (Å²) >= 11 is 1.54. The van der Waals surface area contributed by atoms with Crippen LogP contribution in [0.25, 0.3) is 0 Å². The summed E-state index contributed by atoms with van der Waals surface area (Å²) in [5.41, 5.74) is 6.63. The van der Waals surface area contributed by atoms with Crippen LogP contribution in [0.1, 0.15) is 49.2 Å². The van der Waals surface area contributed by atoms with Crippen molar-refractivity contribution in [3.63, 3.8) is 0 Å². The third kappa shape index (κ3) is 3.30. The predicted molar refractivity (Wildman–Crippen MR) is 83.1 cm³/mol. The predicted octanol–water partition coefficient (Wildman–Crippen LogP) is 3.80. The highest BCUT2D eigenvalue weighted by Crippen LogP contribution is 2.35. The largest absolute Gasteiger partial charge is 0.397 e. The summed E-state index contributed by atoms with van der Waals surface area (Å²) in [6.45, 7) is 4.92. The molecule has 1 aliphatic rings. The van der Waals surface area contributed by atoms with E-state index in [1.807, 2.05) is 19.9 Å². The Balaban J connectivity index is 2.08. The lowest BCUT2D eigenvalue weighted by molar-refractivity contribution is 0.0944. The van der Waals surface area contributed by atoms with Gasteiger partial charge in [-0.25, -0.2) is 0 Å². The molecule has 0 aromatic carbocycles. The van der Waals surface area contributed by atoms with Crippen molar-refractivity contribution in [2.24, 2.45) is 11.8 Å². The first-order valence-corrected chi connectivity index (χ1v) is 7.95. The van der Waals surface area contributed by atoms with Gasteiger partial charge in [0.25, 0.3) is 0 Å². The van der Waals surface area contributed by atoms with Crippen LogP contribution in [-0.2, 0) is 0 Å². The fourth-order valence-electron chi connectivity index (χ4n) is 2.70. The number of carbonyl (C=O) groups is 1. The van der Waals surface area contributed by atoms with Crippen molar-refractivity contribution in [3.8, 4) is 0 Å². The number of rotatable bonds is 5. The highest BCUT2D eigenvalue weighted by molar-refractivity contribution is 7.18. The molecule has 2 rings (SSSR count). The molecule has 4 heteroatoms. The smallest absolute Gasteiger partial charge is 0.177 e. The molecule has 0 saturated heterocycles. The number of nitrogens with two attached hydrogens (primary N) is 1. The number of nitrogens with zero attached hydrogens (tertiary/aromatic N) is 1. The molecule has 0 amide bonds. The highest BCUT2D eigenvalue weighted by Gasteiger charge is 2.21. The lowest BCUT2D eigenvalue weighted by Crippen LogP contribution is -2.23. The molecule has 19 heavy (non-hydrogen) atoms. The van der Waals surface area contributed by atoms with Gasteiger partial charge in [0.05, 0.1) is 15.6 Å². The maximum Gasteiger partial charge on any atom is 0.177 e. The van der Waals surface area contributed by atoms with Crippen LogP contribution in [0.15, 0.2) is 6.07 Å². The molecule has 3 nitrogen and oxygen atoms in total. The van der Waals surface area contributed by atoms with Crippen molar-refractivity contribution in [1.29, 1.82) is 0 Å². The molecule has 1 saturated carbocycles. The molecule has 0 radical (unpaired) electrons. The van der Waals surface area contributed by atoms with Gasteiger partial charge in [0.1, 0.15) is 0 Å². The normalized spacial score (nSPS) is 16.2. The van der Waals surface area contributed by atoms with Gasteiger partial charge in [-0.3, -0.25) is 4.79 Å². The molecule has 0 atom stereocenters. The van der Waals surface area contributed by atoms with Crippen molar-refractivity contribution in [2.75, 3.05) is 24.2 Å². The van der Waals surface area contributed by atoms with Crippen molar-refractivity contribution in [1.82, 2.24) is 0 Å². The molecular weight excluding hydrogens is 256 g/mol. The molecule has 2 N–H and O–H groups in total. The van der Waals surface area contributed by atoms with Crippen molar-refractivity contribution in [2.45, 2.75) is 39.5 Å². The molecule has 1 aliphatic carbocycles. The number of anilines is 2. The van der Waals surface area contributed by atoms with Gasteiger partial charge in [-0.05, 0) is 24.8 Å². The molecule has 1 fully saturated rings. The fourth-order valence-corrected chi connectivity index (χ4v) is 3.84.